The second-order valence-electron chi connectivity index (χ2n) is 5.93. The number of nitrogens with zero attached hydrogens (tertiary/aromatic N) is 2. The molecular formula is C16H21ClF3N3O. The number of alkyl halides is 3. The van der Waals surface area contributed by atoms with Crippen molar-refractivity contribution in [1.82, 2.24) is 10.3 Å². The third-order valence-electron chi connectivity index (χ3n) is 4.14. The van der Waals surface area contributed by atoms with Gasteiger partial charge in [-0.2, -0.15) is 13.2 Å². The molecule has 0 saturated carbocycles. The van der Waals surface area contributed by atoms with Crippen molar-refractivity contribution in [1.29, 1.82) is 0 Å². The van der Waals surface area contributed by atoms with E-state index in [-0.39, 0.29) is 16.8 Å². The molecule has 2 rings (SSSR count). The molecule has 1 aliphatic heterocycles. The first-order valence-electron chi connectivity index (χ1n) is 8.08. The fourth-order valence-corrected chi connectivity index (χ4v) is 2.99. The van der Waals surface area contributed by atoms with Gasteiger partial charge in [0.2, 0.25) is 5.91 Å². The lowest BCUT2D eigenvalue weighted by Gasteiger charge is -2.32. The Morgan fingerprint density at radius 2 is 2.08 bits per heavy atom. The van der Waals surface area contributed by atoms with Gasteiger partial charge in [0, 0.05) is 31.7 Å². The standard InChI is InChI=1S/C16H21ClF3N3O/c1-2-3-6-21-15(24)11-4-7-23(8-5-11)14-13(17)9-12(10-22-14)16(18,19)20/h9-11H,2-8H2,1H3,(H,21,24). The number of piperidine rings is 1. The molecule has 134 valence electrons. The van der Waals surface area contributed by atoms with Crippen LogP contribution in [0, 0.1) is 5.92 Å². The molecule has 0 spiro atoms. The Balaban J connectivity index is 1.94. The predicted octanol–water partition coefficient (Wildman–Crippen LogP) is 3.89. The van der Waals surface area contributed by atoms with E-state index in [0.29, 0.717) is 38.3 Å². The fourth-order valence-electron chi connectivity index (χ4n) is 2.70. The first-order valence-corrected chi connectivity index (χ1v) is 8.46. The van der Waals surface area contributed by atoms with Crippen molar-refractivity contribution in [3.63, 3.8) is 0 Å². The summed E-state index contributed by atoms with van der Waals surface area (Å²) in [5, 5.41) is 2.90. The normalized spacial score (nSPS) is 16.3. The average Bonchev–Trinajstić information content (AvgIpc) is 2.54. The molecule has 0 radical (unpaired) electrons. The van der Waals surface area contributed by atoms with Gasteiger partial charge in [0.1, 0.15) is 5.82 Å². The Bertz CT molecular complexity index is 572. The summed E-state index contributed by atoms with van der Waals surface area (Å²) in [7, 11) is 0. The largest absolute Gasteiger partial charge is 0.417 e. The SMILES string of the molecule is CCCCNC(=O)C1CCN(c2ncc(C(F)(F)F)cc2Cl)CC1. The van der Waals surface area contributed by atoms with Gasteiger partial charge < -0.3 is 10.2 Å². The summed E-state index contributed by atoms with van der Waals surface area (Å²) in [5.74, 6) is 0.329. The first-order chi connectivity index (χ1) is 11.3. The van der Waals surface area contributed by atoms with Crippen LogP contribution in [0.5, 0.6) is 0 Å². The molecule has 4 nitrogen and oxygen atoms in total. The Kier molecular flexibility index (Phi) is 6.32. The number of halogens is 4. The zero-order chi connectivity index (χ0) is 17.7. The number of aromatic nitrogens is 1. The maximum absolute atomic E-state index is 12.7. The summed E-state index contributed by atoms with van der Waals surface area (Å²) < 4.78 is 38.0. The minimum absolute atomic E-state index is 0.0179. The number of nitrogens with one attached hydrogen (secondary N) is 1. The number of hydrogen-bond acceptors (Lipinski definition) is 3. The molecule has 0 atom stereocenters. The fraction of sp³-hybridized carbons (Fsp3) is 0.625. The van der Waals surface area contributed by atoms with Gasteiger partial charge in [0.05, 0.1) is 10.6 Å². The molecule has 1 aromatic heterocycles. The van der Waals surface area contributed by atoms with Crippen LogP contribution in [0.15, 0.2) is 12.3 Å². The number of pyridine rings is 1. The van der Waals surface area contributed by atoms with E-state index in [2.05, 4.69) is 17.2 Å². The van der Waals surface area contributed by atoms with Gasteiger partial charge in [0.25, 0.3) is 0 Å². The van der Waals surface area contributed by atoms with Crippen molar-refractivity contribution >= 4 is 23.3 Å². The molecule has 24 heavy (non-hydrogen) atoms. The Morgan fingerprint density at radius 1 is 1.42 bits per heavy atom. The molecule has 1 saturated heterocycles. The third kappa shape index (κ3) is 4.75. The molecule has 0 aliphatic carbocycles. The maximum Gasteiger partial charge on any atom is 0.417 e. The van der Waals surface area contributed by atoms with Crippen LogP contribution < -0.4 is 10.2 Å². The van der Waals surface area contributed by atoms with Crippen LogP contribution in [0.2, 0.25) is 5.02 Å². The molecule has 2 heterocycles. The van der Waals surface area contributed by atoms with E-state index in [1.54, 1.807) is 0 Å². The van der Waals surface area contributed by atoms with Crippen molar-refractivity contribution in [2.75, 3.05) is 24.5 Å². The van der Waals surface area contributed by atoms with Gasteiger partial charge >= 0.3 is 6.18 Å². The van der Waals surface area contributed by atoms with E-state index in [1.165, 1.54) is 0 Å². The number of rotatable bonds is 5. The predicted molar refractivity (Wildman–Crippen MR) is 87.1 cm³/mol. The number of hydrogen-bond donors (Lipinski definition) is 1. The lowest BCUT2D eigenvalue weighted by molar-refractivity contribution is -0.137. The number of carbonyl (C=O) groups excluding carboxylic acids is 1. The molecule has 1 N–H and O–H groups in total. The number of carbonyl (C=O) groups is 1. The average molecular weight is 364 g/mol. The van der Waals surface area contributed by atoms with Crippen molar-refractivity contribution in [2.24, 2.45) is 5.92 Å². The van der Waals surface area contributed by atoms with Crippen LogP contribution in [0.4, 0.5) is 19.0 Å². The summed E-state index contributed by atoms with van der Waals surface area (Å²) >= 11 is 5.97. The zero-order valence-electron chi connectivity index (χ0n) is 13.5. The van der Waals surface area contributed by atoms with Crippen LogP contribution in [0.3, 0.4) is 0 Å². The van der Waals surface area contributed by atoms with Gasteiger partial charge in [0.15, 0.2) is 0 Å². The van der Waals surface area contributed by atoms with Gasteiger partial charge in [-0.25, -0.2) is 4.98 Å². The van der Waals surface area contributed by atoms with E-state index in [0.717, 1.165) is 25.1 Å². The van der Waals surface area contributed by atoms with E-state index in [1.807, 2.05) is 4.90 Å². The summed E-state index contributed by atoms with van der Waals surface area (Å²) in [6.45, 7) is 3.83. The number of amides is 1. The quantitative estimate of drug-likeness (QED) is 0.807. The summed E-state index contributed by atoms with van der Waals surface area (Å²) in [4.78, 5) is 17.7. The highest BCUT2D eigenvalue weighted by molar-refractivity contribution is 6.33. The first kappa shape index (κ1) is 18.8. The smallest absolute Gasteiger partial charge is 0.356 e. The minimum atomic E-state index is -4.46. The Hall–Kier alpha value is -1.50. The van der Waals surface area contributed by atoms with Crippen molar-refractivity contribution in [3.8, 4) is 0 Å². The molecule has 0 bridgehead atoms. The number of unbranched alkanes of at least 4 members (excludes halogenated alkanes) is 1. The summed E-state index contributed by atoms with van der Waals surface area (Å²) in [6.07, 6.45) is -0.413. The van der Waals surface area contributed by atoms with Crippen molar-refractivity contribution in [2.45, 2.75) is 38.8 Å². The second kappa shape index (κ2) is 8.05. The van der Waals surface area contributed by atoms with Gasteiger partial charge in [-0.15, -0.1) is 0 Å². The molecule has 1 amide bonds. The van der Waals surface area contributed by atoms with Crippen LogP contribution in [-0.4, -0.2) is 30.5 Å². The van der Waals surface area contributed by atoms with E-state index in [9.17, 15) is 18.0 Å². The van der Waals surface area contributed by atoms with Crippen LogP contribution in [-0.2, 0) is 11.0 Å². The lowest BCUT2D eigenvalue weighted by atomic mass is 9.96. The van der Waals surface area contributed by atoms with Crippen molar-refractivity contribution < 1.29 is 18.0 Å². The molecule has 1 fully saturated rings. The van der Waals surface area contributed by atoms with Crippen LogP contribution in [0.25, 0.3) is 0 Å². The van der Waals surface area contributed by atoms with Gasteiger partial charge in [-0.05, 0) is 25.3 Å². The lowest BCUT2D eigenvalue weighted by Crippen LogP contribution is -2.41. The minimum Gasteiger partial charge on any atom is -0.356 e. The topological polar surface area (TPSA) is 45.2 Å². The van der Waals surface area contributed by atoms with Gasteiger partial charge in [-0.1, -0.05) is 24.9 Å². The monoisotopic (exact) mass is 363 g/mol. The van der Waals surface area contributed by atoms with Crippen LogP contribution in [0.1, 0.15) is 38.2 Å². The molecule has 1 aromatic rings. The molecule has 0 unspecified atom stereocenters. The maximum atomic E-state index is 12.7. The molecule has 1 aliphatic rings. The van der Waals surface area contributed by atoms with Crippen molar-refractivity contribution in [3.05, 3.63) is 22.8 Å². The third-order valence-corrected chi connectivity index (χ3v) is 4.42. The number of anilines is 1. The molecular weight excluding hydrogens is 343 g/mol. The summed E-state index contributed by atoms with van der Waals surface area (Å²) in [6, 6.07) is 0.896. The van der Waals surface area contributed by atoms with Gasteiger partial charge in [-0.3, -0.25) is 4.79 Å². The highest BCUT2D eigenvalue weighted by Gasteiger charge is 2.32. The second-order valence-corrected chi connectivity index (χ2v) is 6.34. The van der Waals surface area contributed by atoms with E-state index >= 15 is 0 Å². The highest BCUT2D eigenvalue weighted by Crippen LogP contribution is 2.34. The summed E-state index contributed by atoms with van der Waals surface area (Å²) in [5.41, 5.74) is -0.860. The Labute approximate surface area is 144 Å². The zero-order valence-corrected chi connectivity index (χ0v) is 14.3. The van der Waals surface area contributed by atoms with Crippen LogP contribution >= 0.6 is 11.6 Å². The molecule has 0 aromatic carbocycles. The van der Waals surface area contributed by atoms with E-state index in [4.69, 9.17) is 11.6 Å². The Morgan fingerprint density at radius 3 is 2.62 bits per heavy atom. The van der Waals surface area contributed by atoms with E-state index < -0.39 is 11.7 Å². The molecule has 8 heteroatoms. The highest BCUT2D eigenvalue weighted by atomic mass is 35.5.